The molecule has 1 amide bonds. The Morgan fingerprint density at radius 1 is 1.30 bits per heavy atom. The summed E-state index contributed by atoms with van der Waals surface area (Å²) in [6.07, 6.45) is 1.82. The number of ether oxygens (including phenoxy) is 1. The molecule has 0 spiro atoms. The lowest BCUT2D eigenvalue weighted by Gasteiger charge is -2.16. The summed E-state index contributed by atoms with van der Waals surface area (Å²) >= 11 is 0. The first kappa shape index (κ1) is 18.5. The summed E-state index contributed by atoms with van der Waals surface area (Å²) in [4.78, 5) is 25.1. The maximum absolute atomic E-state index is 12.7. The number of anilines is 1. The first-order valence-electron chi connectivity index (χ1n) is 8.67. The van der Waals surface area contributed by atoms with Crippen LogP contribution in [0.15, 0.2) is 36.4 Å². The minimum atomic E-state index is -0.541. The molecule has 0 unspecified atom stereocenters. The van der Waals surface area contributed by atoms with Crippen molar-refractivity contribution in [1.29, 1.82) is 0 Å². The van der Waals surface area contributed by atoms with Gasteiger partial charge in [-0.15, -0.1) is 0 Å². The van der Waals surface area contributed by atoms with Gasteiger partial charge in [0.2, 0.25) is 0 Å². The highest BCUT2D eigenvalue weighted by Gasteiger charge is 2.27. The van der Waals surface area contributed by atoms with Crippen LogP contribution in [0.2, 0.25) is 0 Å². The van der Waals surface area contributed by atoms with Crippen LogP contribution in [-0.4, -0.2) is 41.0 Å². The molecule has 0 aromatic heterocycles. The molecule has 2 aromatic rings. The fourth-order valence-electron chi connectivity index (χ4n) is 3.14. The van der Waals surface area contributed by atoms with Gasteiger partial charge in [0, 0.05) is 37.0 Å². The average molecular weight is 371 g/mol. The summed E-state index contributed by atoms with van der Waals surface area (Å²) in [5.41, 5.74) is 1.04. The highest BCUT2D eigenvalue weighted by Crippen LogP contribution is 2.31. The number of amides is 1. The lowest BCUT2D eigenvalue weighted by molar-refractivity contribution is -0.385. The van der Waals surface area contributed by atoms with Crippen molar-refractivity contribution in [3.63, 3.8) is 0 Å². The van der Waals surface area contributed by atoms with Gasteiger partial charge < -0.3 is 20.1 Å². The van der Waals surface area contributed by atoms with Crippen LogP contribution < -0.4 is 10.1 Å². The van der Waals surface area contributed by atoms with Crippen LogP contribution in [0.3, 0.4) is 0 Å². The first-order chi connectivity index (χ1) is 13.0. The van der Waals surface area contributed by atoms with Gasteiger partial charge in [-0.05, 0) is 31.0 Å². The number of carbonyl (C=O) groups excluding carboxylic acids is 1. The lowest BCUT2D eigenvalue weighted by Crippen LogP contribution is -2.28. The summed E-state index contributed by atoms with van der Waals surface area (Å²) in [7, 11) is 1.47. The predicted molar refractivity (Wildman–Crippen MR) is 100 cm³/mol. The van der Waals surface area contributed by atoms with Crippen molar-refractivity contribution >= 4 is 17.3 Å². The molecule has 0 aliphatic carbocycles. The molecule has 0 saturated carbocycles. The molecule has 0 atom stereocenters. The number of hydrogen-bond acceptors (Lipinski definition) is 6. The number of benzene rings is 2. The summed E-state index contributed by atoms with van der Waals surface area (Å²) in [6.45, 7) is 1.51. The molecule has 1 heterocycles. The number of aromatic hydroxyl groups is 1. The molecule has 0 bridgehead atoms. The van der Waals surface area contributed by atoms with Gasteiger partial charge in [-0.2, -0.15) is 0 Å². The van der Waals surface area contributed by atoms with Crippen molar-refractivity contribution < 1.29 is 19.6 Å². The van der Waals surface area contributed by atoms with Gasteiger partial charge in [0.25, 0.3) is 11.6 Å². The Hall–Kier alpha value is -3.29. The first-order valence-corrected chi connectivity index (χ1v) is 8.67. The molecule has 27 heavy (non-hydrogen) atoms. The van der Waals surface area contributed by atoms with Gasteiger partial charge in [0.05, 0.1) is 12.0 Å². The summed E-state index contributed by atoms with van der Waals surface area (Å²) in [5, 5.41) is 24.6. The topological polar surface area (TPSA) is 105 Å². The van der Waals surface area contributed by atoms with Crippen LogP contribution in [-0.2, 0) is 6.54 Å². The van der Waals surface area contributed by atoms with E-state index < -0.39 is 4.92 Å². The molecule has 8 nitrogen and oxygen atoms in total. The molecule has 1 fully saturated rings. The van der Waals surface area contributed by atoms with Gasteiger partial charge in [-0.3, -0.25) is 14.9 Å². The smallest absolute Gasteiger partial charge is 0.282 e. The molecule has 8 heteroatoms. The Bertz CT molecular complexity index is 862. The van der Waals surface area contributed by atoms with Gasteiger partial charge in [-0.1, -0.05) is 12.1 Å². The minimum Gasteiger partial charge on any atom is -0.504 e. The number of nitro benzene ring substituents is 1. The third kappa shape index (κ3) is 3.94. The molecule has 1 aliphatic rings. The Balaban J connectivity index is 1.83. The third-order valence-electron chi connectivity index (χ3n) is 4.60. The number of nitro groups is 1. The van der Waals surface area contributed by atoms with Gasteiger partial charge in [-0.25, -0.2) is 0 Å². The molecular weight excluding hydrogens is 350 g/mol. The molecular formula is C19H21N3O5. The zero-order valence-electron chi connectivity index (χ0n) is 15.0. The number of phenolic OH excluding ortho intramolecular Hbond substituents is 1. The maximum atomic E-state index is 12.7. The number of para-hydroxylation sites is 1. The van der Waals surface area contributed by atoms with Gasteiger partial charge >= 0.3 is 0 Å². The standard InChI is InChI=1S/C19H21N3O5/c1-27-17-6-4-5-13(18(17)23)12-20-14-7-8-16(22(25)26)15(11-14)19(24)21-9-2-3-10-21/h4-8,11,20,23H,2-3,9-10,12H2,1H3. The third-order valence-corrected chi connectivity index (χ3v) is 4.60. The van der Waals surface area contributed by atoms with Crippen LogP contribution >= 0.6 is 0 Å². The van der Waals surface area contributed by atoms with Crippen LogP contribution in [0, 0.1) is 10.1 Å². The molecule has 1 saturated heterocycles. The number of likely N-dealkylation sites (tertiary alicyclic amines) is 1. The monoisotopic (exact) mass is 371 g/mol. The fourth-order valence-corrected chi connectivity index (χ4v) is 3.14. The normalized spacial score (nSPS) is 13.4. The quantitative estimate of drug-likeness (QED) is 0.597. The van der Waals surface area contributed by atoms with Crippen LogP contribution in [0.5, 0.6) is 11.5 Å². The van der Waals surface area contributed by atoms with Gasteiger partial charge in [0.15, 0.2) is 11.5 Å². The molecule has 2 aromatic carbocycles. The Labute approximate surface area is 156 Å². The number of nitrogens with zero attached hydrogens (tertiary/aromatic N) is 2. The van der Waals surface area contributed by atoms with E-state index in [2.05, 4.69) is 5.32 Å². The second-order valence-electron chi connectivity index (χ2n) is 6.31. The van der Waals surface area contributed by atoms with Crippen molar-refractivity contribution in [1.82, 2.24) is 4.90 Å². The molecule has 0 radical (unpaired) electrons. The minimum absolute atomic E-state index is 0.0304. The predicted octanol–water partition coefficient (Wildman–Crippen LogP) is 3.16. The number of rotatable bonds is 6. The fraction of sp³-hybridized carbons (Fsp3) is 0.316. The van der Waals surface area contributed by atoms with E-state index in [1.54, 1.807) is 29.2 Å². The van der Waals surface area contributed by atoms with Crippen molar-refractivity contribution in [2.24, 2.45) is 0 Å². The number of nitrogens with one attached hydrogen (secondary N) is 1. The maximum Gasteiger partial charge on any atom is 0.282 e. The number of methoxy groups -OCH3 is 1. The van der Waals surface area contributed by atoms with E-state index in [1.165, 1.54) is 19.2 Å². The molecule has 3 rings (SSSR count). The summed E-state index contributed by atoms with van der Waals surface area (Å²) in [5.74, 6) is 0.0674. The van der Waals surface area contributed by atoms with E-state index >= 15 is 0 Å². The zero-order valence-corrected chi connectivity index (χ0v) is 15.0. The van der Waals surface area contributed by atoms with Crippen molar-refractivity contribution in [3.8, 4) is 11.5 Å². The molecule has 1 aliphatic heterocycles. The Morgan fingerprint density at radius 2 is 2.04 bits per heavy atom. The molecule has 142 valence electrons. The zero-order chi connectivity index (χ0) is 19.4. The average Bonchev–Trinajstić information content (AvgIpc) is 3.21. The van der Waals surface area contributed by atoms with E-state index in [0.29, 0.717) is 30.1 Å². The van der Waals surface area contributed by atoms with Crippen LogP contribution in [0.4, 0.5) is 11.4 Å². The number of phenols is 1. The van der Waals surface area contributed by atoms with Crippen molar-refractivity contribution in [2.45, 2.75) is 19.4 Å². The van der Waals surface area contributed by atoms with E-state index in [1.807, 2.05) is 0 Å². The summed E-state index contributed by atoms with van der Waals surface area (Å²) < 4.78 is 5.08. The largest absolute Gasteiger partial charge is 0.504 e. The van der Waals surface area contributed by atoms with E-state index in [4.69, 9.17) is 4.74 Å². The Kier molecular flexibility index (Phi) is 5.44. The van der Waals surface area contributed by atoms with Crippen LogP contribution in [0.25, 0.3) is 0 Å². The Morgan fingerprint density at radius 3 is 2.70 bits per heavy atom. The SMILES string of the molecule is COc1cccc(CNc2ccc([N+](=O)[O-])c(C(=O)N3CCCC3)c2)c1O. The second kappa shape index (κ2) is 7.94. The summed E-state index contributed by atoms with van der Waals surface area (Å²) in [6, 6.07) is 9.53. The van der Waals surface area contributed by atoms with E-state index in [9.17, 15) is 20.0 Å². The van der Waals surface area contributed by atoms with Crippen molar-refractivity contribution in [2.75, 3.05) is 25.5 Å². The van der Waals surface area contributed by atoms with Gasteiger partial charge in [0.1, 0.15) is 5.56 Å². The highest BCUT2D eigenvalue weighted by molar-refractivity contribution is 5.99. The lowest BCUT2D eigenvalue weighted by atomic mass is 10.1. The second-order valence-corrected chi connectivity index (χ2v) is 6.31. The highest BCUT2D eigenvalue weighted by atomic mass is 16.6. The van der Waals surface area contributed by atoms with E-state index in [-0.39, 0.29) is 29.5 Å². The van der Waals surface area contributed by atoms with Crippen LogP contribution in [0.1, 0.15) is 28.8 Å². The van der Waals surface area contributed by atoms with E-state index in [0.717, 1.165) is 12.8 Å². The van der Waals surface area contributed by atoms with Crippen molar-refractivity contribution in [3.05, 3.63) is 57.6 Å². The molecule has 2 N–H and O–H groups in total. The number of carbonyl (C=O) groups is 1. The number of hydrogen-bond donors (Lipinski definition) is 2.